The Morgan fingerprint density at radius 1 is 1.35 bits per heavy atom. The molecule has 0 unspecified atom stereocenters. The zero-order valence-electron chi connectivity index (χ0n) is 10.7. The van der Waals surface area contributed by atoms with E-state index in [1.807, 2.05) is 13.8 Å². The summed E-state index contributed by atoms with van der Waals surface area (Å²) in [6.45, 7) is 8.78. The molecule has 0 amide bonds. The SMILES string of the molecule is CCCNc1snnc1COCCOC(C)C. The van der Waals surface area contributed by atoms with Gasteiger partial charge in [-0.1, -0.05) is 11.4 Å². The molecule has 0 aliphatic carbocycles. The number of rotatable bonds is 9. The molecule has 1 heterocycles. The molecule has 0 saturated carbocycles. The summed E-state index contributed by atoms with van der Waals surface area (Å²) in [4.78, 5) is 0. The van der Waals surface area contributed by atoms with Crippen molar-refractivity contribution in [2.75, 3.05) is 25.1 Å². The molecule has 0 saturated heterocycles. The van der Waals surface area contributed by atoms with Gasteiger partial charge in [0, 0.05) is 18.1 Å². The lowest BCUT2D eigenvalue weighted by Crippen LogP contribution is -2.10. The summed E-state index contributed by atoms with van der Waals surface area (Å²) in [5.74, 6) is 0. The third kappa shape index (κ3) is 5.95. The van der Waals surface area contributed by atoms with E-state index >= 15 is 0 Å². The van der Waals surface area contributed by atoms with Crippen LogP contribution >= 0.6 is 11.5 Å². The molecule has 0 aromatic carbocycles. The van der Waals surface area contributed by atoms with Gasteiger partial charge in [-0.3, -0.25) is 0 Å². The first-order valence-electron chi connectivity index (χ1n) is 5.98. The molecule has 0 aliphatic heterocycles. The van der Waals surface area contributed by atoms with Gasteiger partial charge in [-0.05, 0) is 20.3 Å². The molecule has 6 heteroatoms. The highest BCUT2D eigenvalue weighted by Gasteiger charge is 2.06. The van der Waals surface area contributed by atoms with Crippen molar-refractivity contribution in [2.24, 2.45) is 0 Å². The van der Waals surface area contributed by atoms with Crippen LogP contribution in [0.1, 0.15) is 32.9 Å². The number of hydrogen-bond donors (Lipinski definition) is 1. The van der Waals surface area contributed by atoms with Gasteiger partial charge in [0.1, 0.15) is 10.7 Å². The predicted molar refractivity (Wildman–Crippen MR) is 69.4 cm³/mol. The smallest absolute Gasteiger partial charge is 0.135 e. The molecular weight excluding hydrogens is 238 g/mol. The first-order valence-corrected chi connectivity index (χ1v) is 6.75. The summed E-state index contributed by atoms with van der Waals surface area (Å²) in [5, 5.41) is 8.34. The van der Waals surface area contributed by atoms with Gasteiger partial charge in [0.05, 0.1) is 25.9 Å². The molecule has 5 nitrogen and oxygen atoms in total. The quantitative estimate of drug-likeness (QED) is 0.690. The van der Waals surface area contributed by atoms with Crippen LogP contribution in [0.15, 0.2) is 0 Å². The van der Waals surface area contributed by atoms with Crippen molar-refractivity contribution in [2.45, 2.75) is 39.9 Å². The summed E-state index contributed by atoms with van der Waals surface area (Å²) < 4.78 is 14.8. The highest BCUT2D eigenvalue weighted by Crippen LogP contribution is 2.18. The number of anilines is 1. The van der Waals surface area contributed by atoms with Crippen LogP contribution in [0, 0.1) is 0 Å². The summed E-state index contributed by atoms with van der Waals surface area (Å²) >= 11 is 1.37. The Morgan fingerprint density at radius 3 is 2.88 bits per heavy atom. The van der Waals surface area contributed by atoms with Gasteiger partial charge < -0.3 is 14.8 Å². The number of aromatic nitrogens is 2. The normalized spacial score (nSPS) is 11.1. The Hall–Kier alpha value is -0.720. The Morgan fingerprint density at radius 2 is 2.18 bits per heavy atom. The van der Waals surface area contributed by atoms with Crippen molar-refractivity contribution < 1.29 is 9.47 Å². The van der Waals surface area contributed by atoms with Crippen LogP contribution in [0.25, 0.3) is 0 Å². The minimum absolute atomic E-state index is 0.251. The van der Waals surface area contributed by atoms with Gasteiger partial charge in [-0.2, -0.15) is 0 Å². The van der Waals surface area contributed by atoms with Gasteiger partial charge in [0.25, 0.3) is 0 Å². The molecule has 0 aliphatic rings. The van der Waals surface area contributed by atoms with E-state index in [4.69, 9.17) is 9.47 Å². The number of nitrogens with zero attached hydrogens (tertiary/aromatic N) is 2. The maximum absolute atomic E-state index is 5.49. The second-order valence-electron chi connectivity index (χ2n) is 3.95. The Kier molecular flexibility index (Phi) is 7.07. The van der Waals surface area contributed by atoms with Crippen LogP contribution in [-0.2, 0) is 16.1 Å². The highest BCUT2D eigenvalue weighted by molar-refractivity contribution is 7.10. The van der Waals surface area contributed by atoms with Crippen LogP contribution in [0.5, 0.6) is 0 Å². The lowest BCUT2D eigenvalue weighted by Gasteiger charge is -2.08. The Bertz CT molecular complexity index is 305. The minimum Gasteiger partial charge on any atom is -0.376 e. The van der Waals surface area contributed by atoms with Gasteiger partial charge in [0.15, 0.2) is 0 Å². The van der Waals surface area contributed by atoms with E-state index in [-0.39, 0.29) is 6.10 Å². The van der Waals surface area contributed by atoms with Crippen LogP contribution in [-0.4, -0.2) is 35.4 Å². The number of nitrogens with one attached hydrogen (secondary N) is 1. The maximum Gasteiger partial charge on any atom is 0.135 e. The largest absolute Gasteiger partial charge is 0.376 e. The van der Waals surface area contributed by atoms with Gasteiger partial charge in [-0.15, -0.1) is 5.10 Å². The molecule has 0 atom stereocenters. The van der Waals surface area contributed by atoms with E-state index in [1.54, 1.807) is 0 Å². The van der Waals surface area contributed by atoms with Gasteiger partial charge >= 0.3 is 0 Å². The summed E-state index contributed by atoms with van der Waals surface area (Å²) in [7, 11) is 0. The lowest BCUT2D eigenvalue weighted by molar-refractivity contribution is 0.0136. The fraction of sp³-hybridized carbons (Fsp3) is 0.818. The lowest BCUT2D eigenvalue weighted by atomic mass is 10.4. The Labute approximate surface area is 107 Å². The molecule has 0 spiro atoms. The molecule has 1 rings (SSSR count). The van der Waals surface area contributed by atoms with E-state index in [0.29, 0.717) is 19.8 Å². The zero-order chi connectivity index (χ0) is 12.5. The first-order chi connectivity index (χ1) is 8.24. The van der Waals surface area contributed by atoms with Crippen molar-refractivity contribution in [3.63, 3.8) is 0 Å². The van der Waals surface area contributed by atoms with E-state index in [2.05, 4.69) is 21.8 Å². The minimum atomic E-state index is 0.251. The molecule has 98 valence electrons. The second kappa shape index (κ2) is 8.38. The highest BCUT2D eigenvalue weighted by atomic mass is 32.1. The van der Waals surface area contributed by atoms with Crippen molar-refractivity contribution in [3.05, 3.63) is 5.69 Å². The third-order valence-electron chi connectivity index (χ3n) is 2.01. The molecule has 0 fully saturated rings. The van der Waals surface area contributed by atoms with Crippen LogP contribution in [0.3, 0.4) is 0 Å². The van der Waals surface area contributed by atoms with Crippen molar-refractivity contribution in [1.29, 1.82) is 0 Å². The average Bonchev–Trinajstić information content (AvgIpc) is 2.73. The van der Waals surface area contributed by atoms with Crippen LogP contribution in [0.4, 0.5) is 5.00 Å². The fourth-order valence-electron chi connectivity index (χ4n) is 1.19. The zero-order valence-corrected chi connectivity index (χ0v) is 11.5. The number of hydrogen-bond acceptors (Lipinski definition) is 6. The molecule has 1 aromatic heterocycles. The second-order valence-corrected chi connectivity index (χ2v) is 4.70. The summed E-state index contributed by atoms with van der Waals surface area (Å²) in [6, 6.07) is 0. The average molecular weight is 259 g/mol. The maximum atomic E-state index is 5.49. The third-order valence-corrected chi connectivity index (χ3v) is 2.73. The van der Waals surface area contributed by atoms with Crippen molar-refractivity contribution in [1.82, 2.24) is 9.59 Å². The molecular formula is C11H21N3O2S. The molecule has 0 bridgehead atoms. The van der Waals surface area contributed by atoms with Crippen LogP contribution < -0.4 is 5.32 Å². The summed E-state index contributed by atoms with van der Waals surface area (Å²) in [6.07, 6.45) is 1.33. The van der Waals surface area contributed by atoms with Crippen molar-refractivity contribution in [3.8, 4) is 0 Å². The Balaban J connectivity index is 2.19. The monoisotopic (exact) mass is 259 g/mol. The topological polar surface area (TPSA) is 56.3 Å². The summed E-state index contributed by atoms with van der Waals surface area (Å²) in [5.41, 5.74) is 0.882. The fourth-order valence-corrected chi connectivity index (χ4v) is 1.78. The predicted octanol–water partition coefficient (Wildman–Crippen LogP) is 2.30. The molecule has 1 N–H and O–H groups in total. The molecule has 17 heavy (non-hydrogen) atoms. The van der Waals surface area contributed by atoms with Gasteiger partial charge in [0.2, 0.25) is 0 Å². The van der Waals surface area contributed by atoms with E-state index < -0.39 is 0 Å². The van der Waals surface area contributed by atoms with E-state index in [9.17, 15) is 0 Å². The molecule has 1 aromatic rings. The standard InChI is InChI=1S/C11H21N3O2S/c1-4-5-12-11-10(13-14-17-11)8-15-6-7-16-9(2)3/h9,12H,4-8H2,1-3H3. The first kappa shape index (κ1) is 14.3. The van der Waals surface area contributed by atoms with Gasteiger partial charge in [-0.25, -0.2) is 0 Å². The van der Waals surface area contributed by atoms with Crippen LogP contribution in [0.2, 0.25) is 0 Å². The molecule has 0 radical (unpaired) electrons. The van der Waals surface area contributed by atoms with E-state index in [0.717, 1.165) is 23.7 Å². The van der Waals surface area contributed by atoms with E-state index in [1.165, 1.54) is 11.5 Å². The number of ether oxygens (including phenoxy) is 2. The van der Waals surface area contributed by atoms with Crippen molar-refractivity contribution >= 4 is 16.5 Å².